The quantitative estimate of drug-likeness (QED) is 0.276. The van der Waals surface area contributed by atoms with Crippen molar-refractivity contribution in [1.29, 1.82) is 0 Å². The van der Waals surface area contributed by atoms with Crippen LogP contribution in [0.1, 0.15) is 16.7 Å². The monoisotopic (exact) mass is 569 g/mol. The van der Waals surface area contributed by atoms with Gasteiger partial charge in [0.05, 0.1) is 16.7 Å². The Morgan fingerprint density at radius 3 is 2.20 bits per heavy atom. The Balaban J connectivity index is 2.62. The zero-order valence-electron chi connectivity index (χ0n) is 20.9. The maximum absolute atomic E-state index is 14.0. The van der Waals surface area contributed by atoms with E-state index in [1.54, 1.807) is 0 Å². The number of amides is 1. The predicted octanol–water partition coefficient (Wildman–Crippen LogP) is 5.42. The van der Waals surface area contributed by atoms with Gasteiger partial charge in [-0.2, -0.15) is 26.3 Å². The van der Waals surface area contributed by atoms with E-state index in [-0.39, 0.29) is 18.3 Å². The zero-order valence-corrected chi connectivity index (χ0v) is 20.9. The Hall–Kier alpha value is -4.80. The first-order valence-electron chi connectivity index (χ1n) is 11.0. The standard InChI is InChI=1S/C26H22F7N5O2/c1-36-14-16(12-34)4-3-9-37-15-17(13-35)21-10-18(25(28,29)30)11-22(26(31,32)33)23(21)40-24(39)38(2)20-7-5-19(27)6-8-20/h5-8,10-15H,9,34-35H2,1-2H3. The molecule has 0 aliphatic rings. The van der Waals surface area contributed by atoms with Crippen molar-refractivity contribution in [2.45, 2.75) is 12.4 Å². The molecule has 14 heteroatoms. The Labute approximate surface area is 224 Å². The number of benzene rings is 2. The molecule has 0 radical (unpaired) electrons. The van der Waals surface area contributed by atoms with Crippen molar-refractivity contribution in [2.24, 2.45) is 21.5 Å². The van der Waals surface area contributed by atoms with Crippen LogP contribution in [-0.2, 0) is 12.4 Å². The number of rotatable bonds is 6. The third-order valence-corrected chi connectivity index (χ3v) is 4.97. The largest absolute Gasteiger partial charge is 0.420 e. The van der Waals surface area contributed by atoms with E-state index < -0.39 is 52.3 Å². The van der Waals surface area contributed by atoms with E-state index in [1.807, 2.05) is 0 Å². The van der Waals surface area contributed by atoms with E-state index in [0.717, 1.165) is 42.4 Å². The number of halogens is 7. The number of hydrogen-bond acceptors (Lipinski definition) is 6. The van der Waals surface area contributed by atoms with Gasteiger partial charge in [0, 0.05) is 55.7 Å². The summed E-state index contributed by atoms with van der Waals surface area (Å²) < 4.78 is 101. The molecule has 0 saturated carbocycles. The molecule has 1 amide bonds. The van der Waals surface area contributed by atoms with Gasteiger partial charge in [0.1, 0.15) is 12.4 Å². The van der Waals surface area contributed by atoms with E-state index in [0.29, 0.717) is 17.8 Å². The van der Waals surface area contributed by atoms with Crippen molar-refractivity contribution in [2.75, 3.05) is 25.5 Å². The molecular weight excluding hydrogens is 547 g/mol. The molecule has 0 atom stereocenters. The summed E-state index contributed by atoms with van der Waals surface area (Å²) in [6, 6.07) is 4.42. The number of carbonyl (C=O) groups is 1. The van der Waals surface area contributed by atoms with Gasteiger partial charge in [-0.1, -0.05) is 11.8 Å². The van der Waals surface area contributed by atoms with Gasteiger partial charge in [0.15, 0.2) is 5.75 Å². The number of alkyl halides is 6. The number of aliphatic imine (C=N–C) groups is 2. The van der Waals surface area contributed by atoms with Crippen LogP contribution in [0.25, 0.3) is 5.57 Å². The number of nitrogens with two attached hydrogens (primary N) is 2. The second-order valence-electron chi connectivity index (χ2n) is 7.70. The number of ether oxygens (including phenoxy) is 1. The lowest BCUT2D eigenvalue weighted by atomic mass is 9.98. The van der Waals surface area contributed by atoms with Gasteiger partial charge in [-0.3, -0.25) is 14.9 Å². The highest BCUT2D eigenvalue weighted by atomic mass is 19.4. The van der Waals surface area contributed by atoms with Crippen LogP contribution in [-0.4, -0.2) is 39.2 Å². The lowest BCUT2D eigenvalue weighted by Crippen LogP contribution is -2.30. The molecule has 2 aromatic rings. The summed E-state index contributed by atoms with van der Waals surface area (Å²) in [6.45, 7) is -0.250. The first-order chi connectivity index (χ1) is 18.7. The summed E-state index contributed by atoms with van der Waals surface area (Å²) >= 11 is 0. The average molecular weight is 569 g/mol. The second-order valence-corrected chi connectivity index (χ2v) is 7.70. The summed E-state index contributed by atoms with van der Waals surface area (Å²) in [5.74, 6) is 3.28. The fraction of sp³-hybridized carbons (Fsp3) is 0.192. The van der Waals surface area contributed by atoms with Crippen LogP contribution < -0.4 is 21.1 Å². The minimum Gasteiger partial charge on any atom is -0.409 e. The molecule has 7 nitrogen and oxygen atoms in total. The third kappa shape index (κ3) is 8.35. The normalized spacial score (nSPS) is 12.9. The van der Waals surface area contributed by atoms with Crippen molar-refractivity contribution in [1.82, 2.24) is 0 Å². The van der Waals surface area contributed by atoms with E-state index in [2.05, 4.69) is 21.8 Å². The average Bonchev–Trinajstić information content (AvgIpc) is 2.89. The van der Waals surface area contributed by atoms with Gasteiger partial charge in [-0.15, -0.1) is 0 Å². The Bertz CT molecular complexity index is 1400. The first kappa shape index (κ1) is 31.4. The van der Waals surface area contributed by atoms with Crippen LogP contribution in [0.3, 0.4) is 0 Å². The Kier molecular flexibility index (Phi) is 10.5. The molecule has 212 valence electrons. The molecule has 2 aromatic carbocycles. The van der Waals surface area contributed by atoms with Crippen molar-refractivity contribution in [3.63, 3.8) is 0 Å². The van der Waals surface area contributed by atoms with E-state index in [4.69, 9.17) is 16.2 Å². The molecule has 0 saturated heterocycles. The lowest BCUT2D eigenvalue weighted by Gasteiger charge is -2.22. The smallest absolute Gasteiger partial charge is 0.409 e. The van der Waals surface area contributed by atoms with Crippen LogP contribution in [0.5, 0.6) is 5.75 Å². The topological polar surface area (TPSA) is 106 Å². The van der Waals surface area contributed by atoms with Gasteiger partial charge in [0.25, 0.3) is 0 Å². The van der Waals surface area contributed by atoms with Crippen LogP contribution in [0.4, 0.5) is 41.2 Å². The Morgan fingerprint density at radius 2 is 1.68 bits per heavy atom. The molecule has 0 spiro atoms. The molecular formula is C26H22F7N5O2. The number of carbonyl (C=O) groups excluding carboxylic acids is 1. The molecule has 0 bridgehead atoms. The first-order valence-corrected chi connectivity index (χ1v) is 11.0. The summed E-state index contributed by atoms with van der Waals surface area (Å²) in [5.41, 5.74) is 6.45. The highest BCUT2D eigenvalue weighted by molar-refractivity contribution is 6.11. The lowest BCUT2D eigenvalue weighted by molar-refractivity contribution is -0.143. The molecule has 40 heavy (non-hydrogen) atoms. The van der Waals surface area contributed by atoms with Gasteiger partial charge in [-0.25, -0.2) is 9.18 Å². The molecule has 4 N–H and O–H groups in total. The molecule has 0 aliphatic heterocycles. The van der Waals surface area contributed by atoms with E-state index >= 15 is 0 Å². The van der Waals surface area contributed by atoms with Crippen molar-refractivity contribution in [3.8, 4) is 17.6 Å². The molecule has 0 fully saturated rings. The summed E-state index contributed by atoms with van der Waals surface area (Å²) in [6.07, 6.45) is -7.89. The van der Waals surface area contributed by atoms with Crippen molar-refractivity contribution >= 4 is 29.8 Å². The predicted molar refractivity (Wildman–Crippen MR) is 137 cm³/mol. The zero-order chi connectivity index (χ0) is 30.1. The SMILES string of the molecule is CN=CC(C#CCN=CC(=CN)c1cc(C(F)(F)F)cc(C(F)(F)F)c1OC(=O)N(C)c1ccc(F)cc1)=CN. The van der Waals surface area contributed by atoms with E-state index in [1.165, 1.54) is 19.5 Å². The minimum absolute atomic E-state index is 0.0298. The number of nitrogens with zero attached hydrogens (tertiary/aromatic N) is 3. The van der Waals surface area contributed by atoms with E-state index in [9.17, 15) is 35.5 Å². The van der Waals surface area contributed by atoms with Crippen LogP contribution in [0.15, 0.2) is 64.4 Å². The number of hydrogen-bond donors (Lipinski definition) is 2. The highest BCUT2D eigenvalue weighted by Gasteiger charge is 2.41. The van der Waals surface area contributed by atoms with Gasteiger partial charge in [-0.05, 0) is 36.4 Å². The fourth-order valence-corrected chi connectivity index (χ4v) is 3.04. The summed E-state index contributed by atoms with van der Waals surface area (Å²) in [5, 5.41) is 0. The van der Waals surface area contributed by atoms with Gasteiger partial charge in [0.2, 0.25) is 0 Å². The molecule has 0 aromatic heterocycles. The fourth-order valence-electron chi connectivity index (χ4n) is 3.04. The Morgan fingerprint density at radius 1 is 1.02 bits per heavy atom. The molecule has 0 unspecified atom stereocenters. The van der Waals surface area contributed by atoms with Gasteiger partial charge < -0.3 is 16.2 Å². The number of anilines is 1. The van der Waals surface area contributed by atoms with Crippen LogP contribution in [0, 0.1) is 17.7 Å². The summed E-state index contributed by atoms with van der Waals surface area (Å²) in [7, 11) is 2.59. The van der Waals surface area contributed by atoms with Crippen molar-refractivity contribution in [3.05, 3.63) is 76.9 Å². The van der Waals surface area contributed by atoms with Crippen molar-refractivity contribution < 1.29 is 40.3 Å². The summed E-state index contributed by atoms with van der Waals surface area (Å²) in [4.78, 5) is 21.1. The van der Waals surface area contributed by atoms with Gasteiger partial charge >= 0.3 is 18.4 Å². The number of allylic oxidation sites excluding steroid dienone is 2. The van der Waals surface area contributed by atoms with Crippen LogP contribution in [0.2, 0.25) is 0 Å². The molecule has 0 aliphatic carbocycles. The maximum Gasteiger partial charge on any atom is 0.420 e. The second kappa shape index (κ2) is 13.3. The molecule has 2 rings (SSSR count). The maximum atomic E-state index is 14.0. The third-order valence-electron chi connectivity index (χ3n) is 4.97. The minimum atomic E-state index is -5.38. The van der Waals surface area contributed by atoms with Crippen LogP contribution >= 0.6 is 0 Å². The molecule has 0 heterocycles. The highest BCUT2D eigenvalue weighted by Crippen LogP contribution is 2.44.